The van der Waals surface area contributed by atoms with Crippen molar-refractivity contribution in [3.05, 3.63) is 0 Å². The van der Waals surface area contributed by atoms with Crippen molar-refractivity contribution >= 4 is 0 Å². The van der Waals surface area contributed by atoms with Crippen LogP contribution < -0.4 is 5.32 Å². The minimum absolute atomic E-state index is 0.579. The van der Waals surface area contributed by atoms with Crippen LogP contribution in [0, 0.1) is 0 Å². The van der Waals surface area contributed by atoms with E-state index in [0.717, 1.165) is 6.04 Å². The fourth-order valence-electron chi connectivity index (χ4n) is 2.98. The zero-order chi connectivity index (χ0) is 10.7. The Morgan fingerprint density at radius 1 is 1.27 bits per heavy atom. The molecule has 0 amide bonds. The maximum Gasteiger partial charge on any atom is 0.0181 e. The molecule has 2 heteroatoms. The van der Waals surface area contributed by atoms with E-state index in [1.165, 1.54) is 58.2 Å². The van der Waals surface area contributed by atoms with Crippen molar-refractivity contribution in [3.8, 4) is 0 Å². The Balaban J connectivity index is 1.72. The van der Waals surface area contributed by atoms with Gasteiger partial charge in [-0.25, -0.2) is 0 Å². The molecule has 2 aliphatic rings. The number of hydrogen-bond donors (Lipinski definition) is 1. The van der Waals surface area contributed by atoms with Crippen molar-refractivity contribution < 1.29 is 0 Å². The summed E-state index contributed by atoms with van der Waals surface area (Å²) in [5.74, 6) is 0. The molecule has 0 atom stereocenters. The van der Waals surface area contributed by atoms with E-state index in [4.69, 9.17) is 0 Å². The molecule has 0 radical (unpaired) electrons. The van der Waals surface area contributed by atoms with Gasteiger partial charge in [-0.2, -0.15) is 0 Å². The Kier molecular flexibility index (Phi) is 3.68. The van der Waals surface area contributed by atoms with Crippen LogP contribution in [0.4, 0.5) is 0 Å². The molecule has 0 unspecified atom stereocenters. The van der Waals surface area contributed by atoms with E-state index in [0.29, 0.717) is 5.54 Å². The number of nitrogens with zero attached hydrogens (tertiary/aromatic N) is 1. The Morgan fingerprint density at radius 2 is 1.93 bits per heavy atom. The monoisotopic (exact) mass is 210 g/mol. The van der Waals surface area contributed by atoms with Crippen molar-refractivity contribution in [3.63, 3.8) is 0 Å². The Bertz CT molecular complexity index is 191. The molecular formula is C13H26N2. The highest BCUT2D eigenvalue weighted by Gasteiger charge is 2.38. The van der Waals surface area contributed by atoms with Gasteiger partial charge < -0.3 is 5.32 Å². The first-order valence-corrected chi connectivity index (χ1v) is 6.73. The lowest BCUT2D eigenvalue weighted by Crippen LogP contribution is -2.56. The highest BCUT2D eigenvalue weighted by Crippen LogP contribution is 2.38. The normalized spacial score (nSPS) is 27.6. The van der Waals surface area contributed by atoms with Gasteiger partial charge in [0.1, 0.15) is 0 Å². The number of nitrogens with one attached hydrogen (secondary N) is 1. The van der Waals surface area contributed by atoms with E-state index < -0.39 is 0 Å². The van der Waals surface area contributed by atoms with E-state index in [-0.39, 0.29) is 0 Å². The van der Waals surface area contributed by atoms with Crippen LogP contribution in [-0.4, -0.2) is 36.1 Å². The molecular weight excluding hydrogens is 184 g/mol. The molecule has 0 aromatic carbocycles. The molecule has 1 saturated carbocycles. The first kappa shape index (κ1) is 11.4. The number of piperidine rings is 1. The number of likely N-dealkylation sites (tertiary alicyclic amines) is 1. The highest BCUT2D eigenvalue weighted by molar-refractivity contribution is 4.96. The molecule has 0 aromatic heterocycles. The van der Waals surface area contributed by atoms with Gasteiger partial charge in [0.2, 0.25) is 0 Å². The van der Waals surface area contributed by atoms with E-state index in [2.05, 4.69) is 24.1 Å². The summed E-state index contributed by atoms with van der Waals surface area (Å²) in [5.41, 5.74) is 0.579. The summed E-state index contributed by atoms with van der Waals surface area (Å²) in [6.45, 7) is 8.53. The standard InChI is InChI=1S/C13H26N2/c1-3-9-14-12-5-10-15(11-6-12)13(2)7-4-8-13/h12,14H,3-11H2,1-2H3. The minimum atomic E-state index is 0.579. The van der Waals surface area contributed by atoms with E-state index in [1.807, 2.05) is 0 Å². The first-order chi connectivity index (χ1) is 7.24. The zero-order valence-electron chi connectivity index (χ0n) is 10.4. The average Bonchev–Trinajstić information content (AvgIpc) is 2.24. The summed E-state index contributed by atoms with van der Waals surface area (Å²) in [6.07, 6.45) is 8.29. The molecule has 2 fully saturated rings. The smallest absolute Gasteiger partial charge is 0.0181 e. The third-order valence-electron chi connectivity index (χ3n) is 4.37. The van der Waals surface area contributed by atoms with Crippen molar-refractivity contribution in [1.82, 2.24) is 10.2 Å². The van der Waals surface area contributed by atoms with Crippen molar-refractivity contribution in [2.24, 2.45) is 0 Å². The molecule has 1 heterocycles. The van der Waals surface area contributed by atoms with Crippen LogP contribution in [0.3, 0.4) is 0 Å². The van der Waals surface area contributed by atoms with Crippen molar-refractivity contribution in [1.29, 1.82) is 0 Å². The second-order valence-corrected chi connectivity index (χ2v) is 5.57. The van der Waals surface area contributed by atoms with Crippen LogP contribution in [0.2, 0.25) is 0 Å². The maximum absolute atomic E-state index is 3.65. The zero-order valence-corrected chi connectivity index (χ0v) is 10.4. The lowest BCUT2D eigenvalue weighted by atomic mass is 9.76. The molecule has 2 nitrogen and oxygen atoms in total. The fraction of sp³-hybridized carbons (Fsp3) is 1.00. The molecule has 1 aliphatic heterocycles. The molecule has 0 aromatic rings. The second kappa shape index (κ2) is 4.84. The van der Waals surface area contributed by atoms with Crippen LogP contribution in [0.15, 0.2) is 0 Å². The third kappa shape index (κ3) is 2.54. The van der Waals surface area contributed by atoms with Crippen molar-refractivity contribution in [2.45, 2.75) is 64.0 Å². The highest BCUT2D eigenvalue weighted by atomic mass is 15.2. The van der Waals surface area contributed by atoms with Gasteiger partial charge in [-0.15, -0.1) is 0 Å². The molecule has 1 saturated heterocycles. The summed E-state index contributed by atoms with van der Waals surface area (Å²) in [5, 5.41) is 3.65. The predicted molar refractivity (Wildman–Crippen MR) is 65.1 cm³/mol. The molecule has 0 spiro atoms. The van der Waals surface area contributed by atoms with Gasteiger partial charge in [-0.3, -0.25) is 4.90 Å². The minimum Gasteiger partial charge on any atom is -0.314 e. The Hall–Kier alpha value is -0.0800. The van der Waals surface area contributed by atoms with Gasteiger partial charge in [0.15, 0.2) is 0 Å². The summed E-state index contributed by atoms with van der Waals surface area (Å²) in [7, 11) is 0. The van der Waals surface area contributed by atoms with Crippen molar-refractivity contribution in [2.75, 3.05) is 19.6 Å². The van der Waals surface area contributed by atoms with Gasteiger partial charge in [0, 0.05) is 24.7 Å². The summed E-state index contributed by atoms with van der Waals surface area (Å²) in [4.78, 5) is 2.74. The Labute approximate surface area is 94.4 Å². The van der Waals surface area contributed by atoms with E-state index in [9.17, 15) is 0 Å². The van der Waals surface area contributed by atoms with Gasteiger partial charge in [0.25, 0.3) is 0 Å². The second-order valence-electron chi connectivity index (χ2n) is 5.57. The average molecular weight is 210 g/mol. The first-order valence-electron chi connectivity index (χ1n) is 6.73. The van der Waals surface area contributed by atoms with Crippen LogP contribution >= 0.6 is 0 Å². The number of hydrogen-bond acceptors (Lipinski definition) is 2. The van der Waals surface area contributed by atoms with Crippen LogP contribution in [0.25, 0.3) is 0 Å². The van der Waals surface area contributed by atoms with Gasteiger partial charge >= 0.3 is 0 Å². The quantitative estimate of drug-likeness (QED) is 0.766. The van der Waals surface area contributed by atoms with Gasteiger partial charge in [0.05, 0.1) is 0 Å². The maximum atomic E-state index is 3.65. The molecule has 0 bridgehead atoms. The summed E-state index contributed by atoms with van der Waals surface area (Å²) >= 11 is 0. The summed E-state index contributed by atoms with van der Waals surface area (Å²) < 4.78 is 0. The van der Waals surface area contributed by atoms with Gasteiger partial charge in [-0.1, -0.05) is 6.92 Å². The fourth-order valence-corrected chi connectivity index (χ4v) is 2.98. The predicted octanol–water partition coefficient (Wildman–Crippen LogP) is 2.39. The van der Waals surface area contributed by atoms with E-state index >= 15 is 0 Å². The lowest BCUT2D eigenvalue weighted by Gasteiger charge is -2.50. The third-order valence-corrected chi connectivity index (χ3v) is 4.37. The SMILES string of the molecule is CCCNC1CCN(C2(C)CCC2)CC1. The summed E-state index contributed by atoms with van der Waals surface area (Å²) in [6, 6.07) is 0.796. The van der Waals surface area contributed by atoms with E-state index in [1.54, 1.807) is 0 Å². The Morgan fingerprint density at radius 3 is 2.40 bits per heavy atom. The molecule has 1 N–H and O–H groups in total. The molecule has 2 rings (SSSR count). The lowest BCUT2D eigenvalue weighted by molar-refractivity contribution is 0.0108. The van der Waals surface area contributed by atoms with Crippen LogP contribution in [0.1, 0.15) is 52.4 Å². The van der Waals surface area contributed by atoms with Gasteiger partial charge in [-0.05, 0) is 52.0 Å². The largest absolute Gasteiger partial charge is 0.314 e. The van der Waals surface area contributed by atoms with Crippen LogP contribution in [0.5, 0.6) is 0 Å². The molecule has 15 heavy (non-hydrogen) atoms. The van der Waals surface area contributed by atoms with Crippen LogP contribution in [-0.2, 0) is 0 Å². The molecule has 1 aliphatic carbocycles. The topological polar surface area (TPSA) is 15.3 Å². The number of rotatable bonds is 4. The molecule has 88 valence electrons.